The molecule has 2 unspecified atom stereocenters. The summed E-state index contributed by atoms with van der Waals surface area (Å²) in [6.07, 6.45) is -1.09. The van der Waals surface area contributed by atoms with E-state index in [1.165, 1.54) is 0 Å². The minimum absolute atomic E-state index is 0.0510. The molecule has 1 aromatic rings. The summed E-state index contributed by atoms with van der Waals surface area (Å²) in [6.45, 7) is 2.89. The Morgan fingerprint density at radius 2 is 1.95 bits per heavy atom. The van der Waals surface area contributed by atoms with Gasteiger partial charge in [0.05, 0.1) is 32.3 Å². The van der Waals surface area contributed by atoms with Crippen LogP contribution in [-0.4, -0.2) is 53.7 Å². The fourth-order valence-corrected chi connectivity index (χ4v) is 1.96. The zero-order chi connectivity index (χ0) is 15.7. The first-order valence-corrected chi connectivity index (χ1v) is 6.93. The van der Waals surface area contributed by atoms with E-state index >= 15 is 0 Å². The number of aliphatic hydroxyl groups excluding tert-OH is 2. The molecular formula is C15H23NO5. The van der Waals surface area contributed by atoms with Gasteiger partial charge in [-0.1, -0.05) is 29.8 Å². The molecule has 2 atom stereocenters. The monoisotopic (exact) mass is 297 g/mol. The molecule has 0 spiro atoms. The molecule has 0 aliphatic rings. The van der Waals surface area contributed by atoms with Crippen molar-refractivity contribution >= 4 is 5.97 Å². The summed E-state index contributed by atoms with van der Waals surface area (Å²) < 4.78 is 5.10. The van der Waals surface area contributed by atoms with Gasteiger partial charge in [0.1, 0.15) is 0 Å². The molecular weight excluding hydrogens is 274 g/mol. The Bertz CT molecular complexity index is 421. The first-order chi connectivity index (χ1) is 10.0. The van der Waals surface area contributed by atoms with Gasteiger partial charge in [0.2, 0.25) is 0 Å². The summed E-state index contributed by atoms with van der Waals surface area (Å²) >= 11 is 0. The first kappa shape index (κ1) is 17.6. The van der Waals surface area contributed by atoms with Crippen LogP contribution in [0.25, 0.3) is 0 Å². The maximum atomic E-state index is 10.9. The van der Waals surface area contributed by atoms with Crippen LogP contribution in [0.5, 0.6) is 0 Å². The van der Waals surface area contributed by atoms with Crippen LogP contribution in [0.3, 0.4) is 0 Å². The van der Waals surface area contributed by atoms with E-state index < -0.39 is 18.1 Å². The van der Waals surface area contributed by atoms with Crippen LogP contribution in [0.4, 0.5) is 0 Å². The van der Waals surface area contributed by atoms with E-state index in [9.17, 15) is 9.90 Å². The van der Waals surface area contributed by atoms with Gasteiger partial charge < -0.3 is 25.4 Å². The predicted octanol–water partition coefficient (Wildman–Crippen LogP) is 0.470. The van der Waals surface area contributed by atoms with E-state index in [0.717, 1.165) is 5.56 Å². The molecule has 0 saturated carbocycles. The Hall–Kier alpha value is -1.47. The van der Waals surface area contributed by atoms with Crippen molar-refractivity contribution in [3.05, 3.63) is 35.4 Å². The third-order valence-corrected chi connectivity index (χ3v) is 3.08. The lowest BCUT2D eigenvalue weighted by molar-refractivity contribution is -0.138. The number of ether oxygens (including phenoxy) is 1. The van der Waals surface area contributed by atoms with Crippen molar-refractivity contribution in [3.8, 4) is 0 Å². The van der Waals surface area contributed by atoms with Crippen LogP contribution in [0.2, 0.25) is 0 Å². The summed E-state index contributed by atoms with van der Waals surface area (Å²) in [7, 11) is 0. The third-order valence-electron chi connectivity index (χ3n) is 3.08. The van der Waals surface area contributed by atoms with Crippen molar-refractivity contribution < 1.29 is 24.9 Å². The number of carboxylic acids is 1. The van der Waals surface area contributed by atoms with Gasteiger partial charge in [0.25, 0.3) is 0 Å². The van der Waals surface area contributed by atoms with Crippen molar-refractivity contribution in [1.82, 2.24) is 5.32 Å². The van der Waals surface area contributed by atoms with E-state index in [2.05, 4.69) is 5.32 Å². The van der Waals surface area contributed by atoms with E-state index in [-0.39, 0.29) is 19.6 Å². The average molecular weight is 297 g/mol. The zero-order valence-corrected chi connectivity index (χ0v) is 12.2. The number of nitrogens with one attached hydrogen (secondary N) is 1. The minimum atomic E-state index is -0.977. The molecule has 0 radical (unpaired) electrons. The maximum Gasteiger partial charge on any atom is 0.305 e. The number of hydrogen-bond acceptors (Lipinski definition) is 5. The number of aliphatic carboxylic acids is 1. The number of aryl methyl sites for hydroxylation is 1. The van der Waals surface area contributed by atoms with Gasteiger partial charge in [-0.3, -0.25) is 4.79 Å². The molecule has 21 heavy (non-hydrogen) atoms. The minimum Gasteiger partial charge on any atom is -0.481 e. The summed E-state index contributed by atoms with van der Waals surface area (Å²) in [5.41, 5.74) is 1.75. The molecule has 0 aliphatic heterocycles. The summed E-state index contributed by atoms with van der Waals surface area (Å²) in [5.74, 6) is -0.977. The van der Waals surface area contributed by atoms with Crippen LogP contribution in [0.15, 0.2) is 24.3 Å². The van der Waals surface area contributed by atoms with Crippen LogP contribution >= 0.6 is 0 Å². The molecule has 6 heteroatoms. The zero-order valence-electron chi connectivity index (χ0n) is 12.2. The van der Waals surface area contributed by atoms with E-state index in [4.69, 9.17) is 14.9 Å². The lowest BCUT2D eigenvalue weighted by Crippen LogP contribution is -2.39. The Morgan fingerprint density at radius 3 is 2.52 bits per heavy atom. The molecule has 1 rings (SSSR count). The molecule has 118 valence electrons. The van der Waals surface area contributed by atoms with Gasteiger partial charge in [-0.05, 0) is 12.5 Å². The lowest BCUT2D eigenvalue weighted by atomic mass is 9.99. The van der Waals surface area contributed by atoms with Crippen molar-refractivity contribution in [1.29, 1.82) is 0 Å². The van der Waals surface area contributed by atoms with Crippen LogP contribution in [0, 0.1) is 6.92 Å². The quantitative estimate of drug-likeness (QED) is 0.469. The Labute approximate surface area is 124 Å². The Morgan fingerprint density at radius 1 is 1.29 bits per heavy atom. The highest BCUT2D eigenvalue weighted by Crippen LogP contribution is 2.19. The van der Waals surface area contributed by atoms with Crippen LogP contribution in [-0.2, 0) is 9.53 Å². The first-order valence-electron chi connectivity index (χ1n) is 6.93. The second-order valence-corrected chi connectivity index (χ2v) is 4.85. The number of hydrogen-bond donors (Lipinski definition) is 4. The number of rotatable bonds is 10. The molecule has 0 aromatic heterocycles. The Kier molecular flexibility index (Phi) is 7.92. The van der Waals surface area contributed by atoms with Crippen molar-refractivity contribution in [2.75, 3.05) is 26.4 Å². The van der Waals surface area contributed by atoms with Gasteiger partial charge in [-0.25, -0.2) is 0 Å². The van der Waals surface area contributed by atoms with E-state index in [1.54, 1.807) is 12.1 Å². The molecule has 0 saturated heterocycles. The molecule has 0 heterocycles. The summed E-state index contributed by atoms with van der Waals surface area (Å²) in [6, 6.07) is 6.74. The second-order valence-electron chi connectivity index (χ2n) is 4.85. The summed E-state index contributed by atoms with van der Waals surface area (Å²) in [4.78, 5) is 10.9. The highest BCUT2D eigenvalue weighted by molar-refractivity contribution is 5.67. The molecule has 0 fully saturated rings. The predicted molar refractivity (Wildman–Crippen MR) is 78.1 cm³/mol. The number of benzene rings is 1. The number of aliphatic hydroxyl groups is 2. The Balaban J connectivity index is 2.58. The van der Waals surface area contributed by atoms with Crippen molar-refractivity contribution in [2.24, 2.45) is 0 Å². The average Bonchev–Trinajstić information content (AvgIpc) is 2.45. The normalized spacial score (nSPS) is 13.9. The van der Waals surface area contributed by atoms with E-state index in [0.29, 0.717) is 18.7 Å². The smallest absolute Gasteiger partial charge is 0.305 e. The maximum absolute atomic E-state index is 10.9. The molecule has 4 N–H and O–H groups in total. The second kappa shape index (κ2) is 9.46. The highest BCUT2D eigenvalue weighted by atomic mass is 16.5. The molecule has 0 bridgehead atoms. The van der Waals surface area contributed by atoms with Gasteiger partial charge in [-0.15, -0.1) is 0 Å². The van der Waals surface area contributed by atoms with Crippen molar-refractivity contribution in [3.63, 3.8) is 0 Å². The van der Waals surface area contributed by atoms with Gasteiger partial charge >= 0.3 is 5.97 Å². The lowest BCUT2D eigenvalue weighted by Gasteiger charge is -2.23. The largest absolute Gasteiger partial charge is 0.481 e. The van der Waals surface area contributed by atoms with Crippen LogP contribution < -0.4 is 5.32 Å². The fraction of sp³-hybridized carbons (Fsp3) is 0.533. The molecule has 0 aliphatic carbocycles. The van der Waals surface area contributed by atoms with Gasteiger partial charge in [0.15, 0.2) is 0 Å². The van der Waals surface area contributed by atoms with Gasteiger partial charge in [0, 0.05) is 12.6 Å². The summed E-state index contributed by atoms with van der Waals surface area (Å²) in [5, 5.41) is 30.8. The highest BCUT2D eigenvalue weighted by Gasteiger charge is 2.23. The van der Waals surface area contributed by atoms with Crippen molar-refractivity contribution in [2.45, 2.75) is 25.5 Å². The van der Waals surface area contributed by atoms with E-state index in [1.807, 2.05) is 19.1 Å². The SMILES string of the molecule is Cc1ccc(C(O)C(CC(=O)O)NCCOCCO)cc1. The number of carbonyl (C=O) groups is 1. The molecule has 6 nitrogen and oxygen atoms in total. The third kappa shape index (κ3) is 6.68. The fourth-order valence-electron chi connectivity index (χ4n) is 1.96. The molecule has 0 amide bonds. The standard InChI is InChI=1S/C15H23NO5/c1-11-2-4-12(5-3-11)15(20)13(10-14(18)19)16-6-8-21-9-7-17/h2-5,13,15-17,20H,6-10H2,1H3,(H,18,19). The van der Waals surface area contributed by atoms with Gasteiger partial charge in [-0.2, -0.15) is 0 Å². The number of carboxylic acid groups (broad SMARTS) is 1. The van der Waals surface area contributed by atoms with Crippen LogP contribution in [0.1, 0.15) is 23.7 Å². The topological polar surface area (TPSA) is 99.0 Å². The molecule has 1 aromatic carbocycles.